The molecule has 8 nitrogen and oxygen atoms in total. The molecule has 0 saturated carbocycles. The van der Waals surface area contributed by atoms with Crippen LogP contribution in [-0.4, -0.2) is 27.8 Å². The van der Waals surface area contributed by atoms with Gasteiger partial charge in [-0.3, -0.25) is 20.2 Å². The first kappa shape index (κ1) is 12.2. The minimum atomic E-state index is -1.12. The smallest absolute Gasteiger partial charge is 0.269 e. The lowest BCUT2D eigenvalue weighted by atomic mass is 9.92. The van der Waals surface area contributed by atoms with Gasteiger partial charge in [0, 0.05) is 29.0 Å². The Morgan fingerprint density at radius 1 is 1.39 bits per heavy atom. The highest BCUT2D eigenvalue weighted by atomic mass is 16.6. The van der Waals surface area contributed by atoms with Crippen LogP contribution in [0, 0.1) is 20.2 Å². The molecule has 1 unspecified atom stereocenters. The molecule has 1 aliphatic rings. The zero-order valence-electron chi connectivity index (χ0n) is 9.18. The summed E-state index contributed by atoms with van der Waals surface area (Å²) >= 11 is 0. The van der Waals surface area contributed by atoms with E-state index >= 15 is 0 Å². The number of fused-ring (bicyclic) bond motifs is 1. The summed E-state index contributed by atoms with van der Waals surface area (Å²) in [5.74, 6) is -0.329. The molecule has 0 radical (unpaired) electrons. The number of hydrogen-bond donors (Lipinski definition) is 1. The SMILES string of the molecule is O=[N+]([O-])C[C@H]1CC(O)Oc2ccc([N+](=O)[O-])cc21. The van der Waals surface area contributed by atoms with Crippen LogP contribution < -0.4 is 4.74 Å². The maximum absolute atomic E-state index is 10.7. The lowest BCUT2D eigenvalue weighted by Gasteiger charge is -2.26. The molecule has 1 aromatic carbocycles. The third-order valence-electron chi connectivity index (χ3n) is 2.76. The van der Waals surface area contributed by atoms with Crippen molar-refractivity contribution in [2.75, 3.05) is 6.54 Å². The average Bonchev–Trinajstić information content (AvgIpc) is 2.27. The van der Waals surface area contributed by atoms with Gasteiger partial charge in [0.25, 0.3) is 5.69 Å². The Morgan fingerprint density at radius 2 is 2.11 bits per heavy atom. The molecule has 0 spiro atoms. The standard InChI is InChI=1S/C10H10N2O6/c13-10-3-6(5-11(14)15)8-4-7(12(16)17)1-2-9(8)18-10/h1-2,4,6,10,13H,3,5H2/t6-,10?/m1/s1. The molecule has 1 heterocycles. The molecular weight excluding hydrogens is 244 g/mol. The van der Waals surface area contributed by atoms with E-state index in [0.29, 0.717) is 5.56 Å². The molecule has 8 heteroatoms. The van der Waals surface area contributed by atoms with Crippen LogP contribution in [0.4, 0.5) is 5.69 Å². The van der Waals surface area contributed by atoms with E-state index < -0.39 is 28.6 Å². The van der Waals surface area contributed by atoms with Gasteiger partial charge in [-0.2, -0.15) is 0 Å². The van der Waals surface area contributed by atoms with Crippen LogP contribution in [0.1, 0.15) is 17.9 Å². The van der Waals surface area contributed by atoms with E-state index in [1.807, 2.05) is 0 Å². The molecule has 0 aromatic heterocycles. The van der Waals surface area contributed by atoms with E-state index in [1.54, 1.807) is 0 Å². The fraction of sp³-hybridized carbons (Fsp3) is 0.400. The van der Waals surface area contributed by atoms with Gasteiger partial charge in [0.05, 0.1) is 10.8 Å². The van der Waals surface area contributed by atoms with E-state index in [4.69, 9.17) is 4.74 Å². The topological polar surface area (TPSA) is 116 Å². The maximum Gasteiger partial charge on any atom is 0.269 e. The highest BCUT2D eigenvalue weighted by Crippen LogP contribution is 2.37. The van der Waals surface area contributed by atoms with Crippen LogP contribution in [-0.2, 0) is 0 Å². The zero-order chi connectivity index (χ0) is 13.3. The summed E-state index contributed by atoms with van der Waals surface area (Å²) in [5.41, 5.74) is 0.244. The fourth-order valence-corrected chi connectivity index (χ4v) is 1.99. The Balaban J connectivity index is 2.40. The number of aliphatic hydroxyl groups is 1. The quantitative estimate of drug-likeness (QED) is 0.636. The number of nitro benzene ring substituents is 1. The number of rotatable bonds is 3. The number of benzene rings is 1. The number of nitro groups is 2. The maximum atomic E-state index is 10.7. The summed E-state index contributed by atoms with van der Waals surface area (Å²) in [5, 5.41) is 30.7. The van der Waals surface area contributed by atoms with E-state index in [1.165, 1.54) is 18.2 Å². The molecule has 1 aromatic rings. The van der Waals surface area contributed by atoms with Crippen molar-refractivity contribution >= 4 is 5.69 Å². The van der Waals surface area contributed by atoms with E-state index in [2.05, 4.69) is 0 Å². The summed E-state index contributed by atoms with van der Waals surface area (Å²) in [6.45, 7) is -0.394. The molecule has 0 aliphatic carbocycles. The second kappa shape index (κ2) is 4.57. The van der Waals surface area contributed by atoms with Gasteiger partial charge in [0.2, 0.25) is 6.54 Å². The van der Waals surface area contributed by atoms with Crippen LogP contribution >= 0.6 is 0 Å². The third kappa shape index (κ3) is 2.38. The van der Waals surface area contributed by atoms with Crippen LogP contribution in [0.5, 0.6) is 5.75 Å². The van der Waals surface area contributed by atoms with Crippen LogP contribution in [0.3, 0.4) is 0 Å². The van der Waals surface area contributed by atoms with Gasteiger partial charge in [0.1, 0.15) is 5.75 Å². The monoisotopic (exact) mass is 254 g/mol. The van der Waals surface area contributed by atoms with Crippen molar-refractivity contribution in [2.45, 2.75) is 18.6 Å². The summed E-state index contributed by atoms with van der Waals surface area (Å²) in [4.78, 5) is 20.1. The summed E-state index contributed by atoms with van der Waals surface area (Å²) < 4.78 is 5.09. The number of nitrogens with zero attached hydrogens (tertiary/aromatic N) is 2. The van der Waals surface area contributed by atoms with E-state index in [9.17, 15) is 25.3 Å². The van der Waals surface area contributed by atoms with Gasteiger partial charge in [-0.1, -0.05) is 0 Å². The molecule has 2 rings (SSSR count). The average molecular weight is 254 g/mol. The molecule has 18 heavy (non-hydrogen) atoms. The number of aliphatic hydroxyl groups excluding tert-OH is 1. The molecule has 0 amide bonds. The zero-order valence-corrected chi connectivity index (χ0v) is 9.18. The van der Waals surface area contributed by atoms with Crippen LogP contribution in [0.25, 0.3) is 0 Å². The third-order valence-corrected chi connectivity index (χ3v) is 2.76. The molecule has 96 valence electrons. The normalized spacial score (nSPS) is 21.8. The Hall–Kier alpha value is -2.22. The first-order valence-corrected chi connectivity index (χ1v) is 5.22. The van der Waals surface area contributed by atoms with Gasteiger partial charge in [-0.05, 0) is 6.07 Å². The molecule has 0 fully saturated rings. The lowest BCUT2D eigenvalue weighted by Crippen LogP contribution is -2.28. The first-order valence-electron chi connectivity index (χ1n) is 5.22. The van der Waals surface area contributed by atoms with Crippen molar-refractivity contribution in [3.63, 3.8) is 0 Å². The predicted octanol–water partition coefficient (Wildman–Crippen LogP) is 1.06. The molecule has 1 aliphatic heterocycles. The molecule has 2 atom stereocenters. The van der Waals surface area contributed by atoms with Gasteiger partial charge in [-0.15, -0.1) is 0 Å². The highest BCUT2D eigenvalue weighted by molar-refractivity contribution is 5.46. The second-order valence-electron chi connectivity index (χ2n) is 4.00. The second-order valence-corrected chi connectivity index (χ2v) is 4.00. The van der Waals surface area contributed by atoms with Crippen LogP contribution in [0.15, 0.2) is 18.2 Å². The van der Waals surface area contributed by atoms with Crippen molar-refractivity contribution in [2.24, 2.45) is 0 Å². The number of hydrogen-bond acceptors (Lipinski definition) is 6. The lowest BCUT2D eigenvalue weighted by molar-refractivity contribution is -0.484. The molecule has 0 bridgehead atoms. The van der Waals surface area contributed by atoms with Crippen molar-refractivity contribution in [3.8, 4) is 5.75 Å². The van der Waals surface area contributed by atoms with Gasteiger partial charge >= 0.3 is 0 Å². The molecular formula is C10H10N2O6. The number of non-ortho nitro benzene ring substituents is 1. The van der Waals surface area contributed by atoms with Crippen molar-refractivity contribution < 1.29 is 19.7 Å². The molecule has 1 N–H and O–H groups in total. The largest absolute Gasteiger partial charge is 0.465 e. The Labute approximate surface area is 101 Å². The van der Waals surface area contributed by atoms with Crippen molar-refractivity contribution in [1.29, 1.82) is 0 Å². The fourth-order valence-electron chi connectivity index (χ4n) is 1.99. The van der Waals surface area contributed by atoms with Gasteiger partial charge < -0.3 is 9.84 Å². The van der Waals surface area contributed by atoms with E-state index in [-0.39, 0.29) is 17.9 Å². The minimum absolute atomic E-state index is 0.0507. The summed E-state index contributed by atoms with van der Waals surface area (Å²) in [6, 6.07) is 3.85. The van der Waals surface area contributed by atoms with E-state index in [0.717, 1.165) is 0 Å². The van der Waals surface area contributed by atoms with Gasteiger partial charge in [-0.25, -0.2) is 0 Å². The molecule has 0 saturated heterocycles. The van der Waals surface area contributed by atoms with Gasteiger partial charge in [0.15, 0.2) is 6.29 Å². The summed E-state index contributed by atoms with van der Waals surface area (Å²) in [7, 11) is 0. The minimum Gasteiger partial charge on any atom is -0.465 e. The Bertz CT molecular complexity index is 503. The number of ether oxygens (including phenoxy) is 1. The highest BCUT2D eigenvalue weighted by Gasteiger charge is 2.31. The Kier molecular flexibility index (Phi) is 3.11. The first-order chi connectivity index (χ1) is 8.47. The van der Waals surface area contributed by atoms with Crippen molar-refractivity contribution in [3.05, 3.63) is 44.0 Å². The van der Waals surface area contributed by atoms with Crippen LogP contribution in [0.2, 0.25) is 0 Å². The predicted molar refractivity (Wildman–Crippen MR) is 59.0 cm³/mol. The van der Waals surface area contributed by atoms with Crippen molar-refractivity contribution in [1.82, 2.24) is 0 Å². The Morgan fingerprint density at radius 3 is 2.72 bits per heavy atom. The summed E-state index contributed by atoms with van der Waals surface area (Å²) in [6.07, 6.45) is -1.07.